The van der Waals surface area contributed by atoms with Gasteiger partial charge in [0.1, 0.15) is 5.65 Å². The molecule has 0 radical (unpaired) electrons. The molecule has 0 bridgehead atoms. The molecule has 0 N–H and O–H groups in total. The fraction of sp³-hybridized carbons (Fsp3) is 0.0153. The van der Waals surface area contributed by atoms with E-state index in [0.29, 0.717) is 0 Å². The first-order valence-corrected chi connectivity index (χ1v) is 53.9. The lowest BCUT2D eigenvalue weighted by Gasteiger charge is -2.38. The van der Waals surface area contributed by atoms with Gasteiger partial charge in [-0.05, 0) is 240 Å². The maximum atomic E-state index is 15.5. The first kappa shape index (κ1) is 86.8. The molecule has 0 amide bonds. The highest BCUT2D eigenvalue weighted by atomic mass is 31.2. The maximum Gasteiger partial charge on any atom is 0.175 e. The Bertz CT molecular complexity index is 9280. The van der Waals surface area contributed by atoms with Gasteiger partial charge >= 0.3 is 0 Å². The van der Waals surface area contributed by atoms with Crippen LogP contribution in [0, 0.1) is 13.8 Å². The van der Waals surface area contributed by atoms with Crippen LogP contribution >= 0.6 is 21.4 Å². The van der Waals surface area contributed by atoms with E-state index < -0.39 is 21.4 Å². The lowest BCUT2D eigenvalue weighted by Crippen LogP contribution is -2.36. The Kier molecular flexibility index (Phi) is 21.3. The molecule has 684 valence electrons. The first-order valence-electron chi connectivity index (χ1n) is 48.8. The van der Waals surface area contributed by atoms with E-state index in [2.05, 4.69) is 346 Å². The van der Waals surface area contributed by atoms with Crippen LogP contribution in [0.2, 0.25) is 0 Å². The van der Waals surface area contributed by atoms with Crippen LogP contribution in [0.5, 0.6) is 0 Å². The minimum absolute atomic E-state index is 0.838. The fourth-order valence-corrected chi connectivity index (χ4v) is 31.6. The Labute approximate surface area is 835 Å². The van der Waals surface area contributed by atoms with Gasteiger partial charge in [-0.2, -0.15) is 0 Å². The summed E-state index contributed by atoms with van der Waals surface area (Å²) in [4.78, 5) is 11.7. The highest BCUT2D eigenvalue weighted by Crippen LogP contribution is 2.59. The Morgan fingerprint density at radius 2 is 0.493 bits per heavy atom. The van der Waals surface area contributed by atoms with Crippen molar-refractivity contribution in [2.45, 2.75) is 13.8 Å². The van der Waals surface area contributed by atoms with E-state index in [0.717, 1.165) is 160 Å². The van der Waals surface area contributed by atoms with E-state index in [-0.39, 0.29) is 0 Å². The van der Waals surface area contributed by atoms with Crippen molar-refractivity contribution >= 4 is 197 Å². The molecule has 0 fully saturated rings. The van der Waals surface area contributed by atoms with Gasteiger partial charge in [0.2, 0.25) is 0 Å². The van der Waals surface area contributed by atoms with Gasteiger partial charge in [0.25, 0.3) is 0 Å². The van der Waals surface area contributed by atoms with Gasteiger partial charge in [0, 0.05) is 114 Å². The van der Waals surface area contributed by atoms with Gasteiger partial charge < -0.3 is 37.5 Å². The van der Waals surface area contributed by atoms with Crippen LogP contribution in [0.3, 0.4) is 0 Å². The summed E-state index contributed by atoms with van der Waals surface area (Å²) >= 11 is 0. The molecule has 4 aromatic heterocycles. The monoisotopic (exact) mass is 1900 g/mol. The zero-order valence-electron chi connectivity index (χ0n) is 78.8. The molecule has 0 spiro atoms. The van der Waals surface area contributed by atoms with Crippen molar-refractivity contribution in [3.63, 3.8) is 0 Å². The summed E-state index contributed by atoms with van der Waals surface area (Å²) in [6.07, 6.45) is 1.86. The third kappa shape index (κ3) is 14.0. The molecule has 144 heavy (non-hydrogen) atoms. The minimum atomic E-state index is -3.16. The lowest BCUT2D eigenvalue weighted by atomic mass is 9.95. The van der Waals surface area contributed by atoms with Crippen LogP contribution in [0.4, 0.5) is 51.2 Å². The Hall–Kier alpha value is -17.5. The number of benzene rings is 21. The summed E-state index contributed by atoms with van der Waals surface area (Å²) in [5.74, 6) is 0. The van der Waals surface area contributed by atoms with Crippen LogP contribution < -0.4 is 62.4 Å². The second-order valence-corrected chi connectivity index (χ2v) is 45.2. The van der Waals surface area contributed by atoms with Crippen molar-refractivity contribution in [2.24, 2.45) is 0 Å². The highest BCUT2D eigenvalue weighted by molar-refractivity contribution is 7.87. The number of anilines is 9. The van der Waals surface area contributed by atoms with E-state index in [9.17, 15) is 0 Å². The molecule has 3 aliphatic heterocycles. The number of rotatable bonds is 12. The first-order chi connectivity index (χ1) is 71.0. The molecule has 0 atom stereocenters. The van der Waals surface area contributed by atoms with E-state index in [1.54, 1.807) is 0 Å². The van der Waals surface area contributed by atoms with E-state index in [4.69, 9.17) is 4.98 Å². The lowest BCUT2D eigenvalue weighted by molar-refractivity contribution is 0.591. The van der Waals surface area contributed by atoms with Gasteiger partial charge in [-0.1, -0.05) is 340 Å². The fourth-order valence-electron chi connectivity index (χ4n) is 22.7. The molecule has 25 aromatic rings. The summed E-state index contributed by atoms with van der Waals surface area (Å²) < 4.78 is 53.1. The van der Waals surface area contributed by atoms with Gasteiger partial charge in [0.15, 0.2) is 21.4 Å². The molecule has 28 rings (SSSR count). The van der Waals surface area contributed by atoms with Crippen LogP contribution in [0.15, 0.2) is 522 Å². The van der Waals surface area contributed by atoms with Crippen LogP contribution in [0.25, 0.3) is 127 Å². The van der Waals surface area contributed by atoms with Crippen molar-refractivity contribution in [3.8, 4) is 50.4 Å². The molecule has 13 heteroatoms. The van der Waals surface area contributed by atoms with E-state index in [1.807, 2.05) is 219 Å². The number of aryl methyl sites for hydroxylation is 2. The van der Waals surface area contributed by atoms with E-state index >= 15 is 13.7 Å². The molecular weight excluding hydrogens is 1810 g/mol. The predicted octanol–water partition coefficient (Wildman–Crippen LogP) is 30.8. The highest BCUT2D eigenvalue weighted by Gasteiger charge is 2.45. The Morgan fingerprint density at radius 1 is 0.188 bits per heavy atom. The maximum absolute atomic E-state index is 15.5. The number of nitrogens with zero attached hydrogens (tertiary/aromatic N) is 7. The summed E-state index contributed by atoms with van der Waals surface area (Å²) in [7, 11) is -9.36. The predicted molar refractivity (Wildman–Crippen MR) is 606 cm³/mol. The second kappa shape index (κ2) is 35.4. The zero-order chi connectivity index (χ0) is 96.3. The smallest absolute Gasteiger partial charge is 0.175 e. The topological polar surface area (TPSA) is 88.6 Å². The van der Waals surface area contributed by atoms with Crippen molar-refractivity contribution in [3.05, 3.63) is 533 Å². The largest absolute Gasteiger partial charge is 0.309 e. The van der Waals surface area contributed by atoms with Crippen molar-refractivity contribution in [2.75, 3.05) is 14.7 Å². The van der Waals surface area contributed by atoms with Gasteiger partial charge in [-0.25, -0.2) is 4.98 Å². The average Bonchev–Trinajstić information content (AvgIpc) is 0.725. The molecule has 21 aromatic carbocycles. The number of fused-ring (bicyclic) bond motifs is 16. The third-order valence-corrected chi connectivity index (χ3v) is 38.5. The number of hydrogen-bond acceptors (Lipinski definition) is 7. The molecule has 10 nitrogen and oxygen atoms in total. The quantitative estimate of drug-likeness (QED) is 0.113. The molecule has 3 aliphatic rings. The van der Waals surface area contributed by atoms with Crippen molar-refractivity contribution in [1.82, 2.24) is 18.7 Å². The minimum Gasteiger partial charge on any atom is -0.309 e. The summed E-state index contributed by atoms with van der Waals surface area (Å²) in [5.41, 5.74) is 28.3. The van der Waals surface area contributed by atoms with E-state index in [1.165, 1.54) is 76.8 Å². The Morgan fingerprint density at radius 3 is 0.917 bits per heavy atom. The van der Waals surface area contributed by atoms with Crippen molar-refractivity contribution in [1.29, 1.82) is 0 Å². The number of para-hydroxylation sites is 11. The summed E-state index contributed by atoms with van der Waals surface area (Å²) in [6.45, 7) is 4.40. The number of aromatic nitrogens is 4. The van der Waals surface area contributed by atoms with Gasteiger partial charge in [-0.15, -0.1) is 0 Å². The SMILES string of the molecule is Cc1cc(N2c3ccccc3P(=O)(c3ccccc3)c3ccccc32)ccc1-c1ccc(-n2c3ccccc3c3ccccc32)cc1C.O=P1(c2ccccc2)c2ccccc2N(c2cc(-c3ccccc3)cc(-n3c4ccccc4c4cccnc43)c2)c2ccccc21.O=P1(c2ccccc2)c2ccccc2N(c2ccc(-c3ccc(-n4c5ccccc5c5ccccc54)cc3)c3ccccc23)c2ccccc21. The summed E-state index contributed by atoms with van der Waals surface area (Å²) in [6, 6.07) is 179. The molecule has 0 unspecified atom stereocenters. The number of pyridine rings is 1. The molecule has 0 saturated carbocycles. The van der Waals surface area contributed by atoms with Gasteiger partial charge in [0.05, 0.1) is 73.1 Å². The van der Waals surface area contributed by atoms with Crippen molar-refractivity contribution < 1.29 is 13.7 Å². The van der Waals surface area contributed by atoms with Crippen LogP contribution in [-0.2, 0) is 13.7 Å². The van der Waals surface area contributed by atoms with Gasteiger partial charge in [-0.3, -0.25) is 4.57 Å². The molecule has 0 aliphatic carbocycles. The second-order valence-electron chi connectivity index (χ2n) is 37.1. The zero-order valence-corrected chi connectivity index (χ0v) is 81.5. The number of hydrogen-bond donors (Lipinski definition) is 0. The third-order valence-electron chi connectivity index (χ3n) is 29.1. The molecule has 7 heterocycles. The molecule has 0 saturated heterocycles. The normalized spacial score (nSPS) is 13.4. The summed E-state index contributed by atoms with van der Waals surface area (Å²) in [5, 5.41) is 17.3. The van der Waals surface area contributed by atoms with Crippen LogP contribution in [-0.4, -0.2) is 18.7 Å². The van der Waals surface area contributed by atoms with Crippen LogP contribution in [0.1, 0.15) is 11.1 Å². The molecular formula is C131H92N7O3P3. The average molecular weight is 1910 g/mol. The standard InChI is InChI=1S/C46H31N2OP.C44H33N2OP.C41H28N3OP/c49-50(34-14-2-1-3-15-34)45-24-12-10-22-43(45)48(44-23-11-13-25-46(44)50)42-31-30-35(36-16-4-5-17-37(36)42)32-26-28-33(29-27-32)47-40-20-8-6-18-38(40)39-19-7-9-21-41(39)47;1-30-28-32(45-39-18-8-6-16-37(39)38-17-7-9-19-40(38)45)24-26-35(30)36-27-25-33(29-31(36)2)46-41-20-10-12-22-43(41)48(47,34-14-4-3-5-15-34)44-23-13-11-21-42(44)46;45-46(33-16-5-2-6-17-33)39-23-11-9-21-37(39)43(38-22-10-12-24-40(38)46)31-26-30(29-14-3-1-4-15-29)27-32(28-31)44-36-20-8-7-18-34(36)35-19-13-25-42-41(35)44/h1-31H;3-29H,1-2H3;1-28H. The Balaban J connectivity index is 0.000000110.